The van der Waals surface area contributed by atoms with E-state index in [-0.39, 0.29) is 5.97 Å². The van der Waals surface area contributed by atoms with Gasteiger partial charge in [0.2, 0.25) is 0 Å². The SMILES string of the molecule is CCCCCCCCCCCCCCOC(=O)CCCCCCCCCCCCCCCCCN1C(CCCCCCCCCCCCCCCCC(=O)O)=NCC1C. The molecule has 1 heterocycles. The molecule has 0 saturated carbocycles. The molecule has 6 heteroatoms. The zero-order valence-electron chi connectivity index (χ0n) is 39.9. The van der Waals surface area contributed by atoms with Crippen LogP contribution < -0.4 is 0 Å². The van der Waals surface area contributed by atoms with E-state index >= 15 is 0 Å². The van der Waals surface area contributed by atoms with Gasteiger partial charge in [-0.15, -0.1) is 0 Å². The minimum Gasteiger partial charge on any atom is -0.481 e. The minimum absolute atomic E-state index is 0.0206. The number of ether oxygens (including phenoxy) is 1. The van der Waals surface area contributed by atoms with Crippen molar-refractivity contribution in [2.45, 2.75) is 302 Å². The molecule has 0 bridgehead atoms. The molecule has 59 heavy (non-hydrogen) atoms. The zero-order valence-corrected chi connectivity index (χ0v) is 39.9. The maximum atomic E-state index is 12.0. The van der Waals surface area contributed by atoms with E-state index in [1.54, 1.807) is 0 Å². The van der Waals surface area contributed by atoms with Crippen LogP contribution in [0, 0.1) is 0 Å². The van der Waals surface area contributed by atoms with E-state index in [9.17, 15) is 9.59 Å². The fourth-order valence-electron chi connectivity index (χ4n) is 8.98. The van der Waals surface area contributed by atoms with E-state index in [2.05, 4.69) is 18.7 Å². The first kappa shape index (κ1) is 55.4. The number of nitrogens with zero attached hydrogens (tertiary/aromatic N) is 2. The summed E-state index contributed by atoms with van der Waals surface area (Å²) in [5.74, 6) is 0.764. The number of carboxylic acid groups (broad SMARTS) is 1. The van der Waals surface area contributed by atoms with E-state index in [1.807, 2.05) is 0 Å². The van der Waals surface area contributed by atoms with Gasteiger partial charge in [-0.2, -0.15) is 0 Å². The molecule has 1 rings (SSSR count). The van der Waals surface area contributed by atoms with Gasteiger partial charge in [0.15, 0.2) is 0 Å². The summed E-state index contributed by atoms with van der Waals surface area (Å²) >= 11 is 0. The summed E-state index contributed by atoms with van der Waals surface area (Å²) in [6.07, 6.45) is 56.2. The average molecular weight is 831 g/mol. The third-order valence-corrected chi connectivity index (χ3v) is 13.0. The second-order valence-electron chi connectivity index (χ2n) is 18.8. The number of amidine groups is 1. The molecule has 0 aromatic heterocycles. The molecule has 0 aromatic carbocycles. The van der Waals surface area contributed by atoms with Crippen LogP contribution in [-0.4, -0.2) is 53.5 Å². The Morgan fingerprint density at radius 2 is 0.831 bits per heavy atom. The second-order valence-corrected chi connectivity index (χ2v) is 18.8. The largest absolute Gasteiger partial charge is 0.481 e. The summed E-state index contributed by atoms with van der Waals surface area (Å²) in [5.41, 5.74) is 0. The molecule has 0 fully saturated rings. The lowest BCUT2D eigenvalue weighted by atomic mass is 10.0. The molecule has 6 nitrogen and oxygen atoms in total. The lowest BCUT2D eigenvalue weighted by Crippen LogP contribution is -2.35. The Kier molecular flexibility index (Phi) is 41.8. The summed E-state index contributed by atoms with van der Waals surface area (Å²) in [6.45, 7) is 7.47. The molecule has 1 aliphatic rings. The first-order chi connectivity index (χ1) is 29.0. The van der Waals surface area contributed by atoms with E-state index in [0.29, 0.717) is 25.5 Å². The summed E-state index contributed by atoms with van der Waals surface area (Å²) < 4.78 is 5.47. The fraction of sp³-hybridized carbons (Fsp3) is 0.943. The van der Waals surface area contributed by atoms with Crippen molar-refractivity contribution >= 4 is 17.8 Å². The van der Waals surface area contributed by atoms with Gasteiger partial charge in [0.1, 0.15) is 0 Å². The van der Waals surface area contributed by atoms with E-state index < -0.39 is 5.97 Å². The highest BCUT2D eigenvalue weighted by atomic mass is 16.5. The Balaban J connectivity index is 1.79. The Morgan fingerprint density at radius 3 is 1.24 bits per heavy atom. The summed E-state index contributed by atoms with van der Waals surface area (Å²) in [6, 6.07) is 0.594. The van der Waals surface area contributed by atoms with Crippen LogP contribution >= 0.6 is 0 Å². The number of aliphatic imine (C=N–C) groups is 1. The van der Waals surface area contributed by atoms with E-state index in [4.69, 9.17) is 14.8 Å². The van der Waals surface area contributed by atoms with Crippen LogP contribution in [0.4, 0.5) is 0 Å². The van der Waals surface area contributed by atoms with Crippen molar-refractivity contribution in [1.29, 1.82) is 0 Å². The Bertz CT molecular complexity index is 938. The van der Waals surface area contributed by atoms with Crippen molar-refractivity contribution in [3.05, 3.63) is 0 Å². The van der Waals surface area contributed by atoms with Crippen molar-refractivity contribution in [1.82, 2.24) is 4.90 Å². The van der Waals surface area contributed by atoms with Crippen molar-refractivity contribution in [3.63, 3.8) is 0 Å². The summed E-state index contributed by atoms with van der Waals surface area (Å²) in [7, 11) is 0. The van der Waals surface area contributed by atoms with E-state index in [0.717, 1.165) is 32.2 Å². The molecular weight excluding hydrogens is 729 g/mol. The monoisotopic (exact) mass is 831 g/mol. The summed E-state index contributed by atoms with van der Waals surface area (Å²) in [5, 5.41) is 8.70. The summed E-state index contributed by atoms with van der Waals surface area (Å²) in [4.78, 5) is 30.2. The second kappa shape index (κ2) is 44.5. The van der Waals surface area contributed by atoms with Gasteiger partial charge in [-0.05, 0) is 39.0 Å². The predicted molar refractivity (Wildman–Crippen MR) is 256 cm³/mol. The topological polar surface area (TPSA) is 79.2 Å². The lowest BCUT2D eigenvalue weighted by Gasteiger charge is -2.25. The Labute approximate surface area is 368 Å². The number of rotatable bonds is 48. The normalized spacial score (nSPS) is 14.0. The number of esters is 1. The van der Waals surface area contributed by atoms with Gasteiger partial charge in [0.25, 0.3) is 0 Å². The molecule has 0 saturated heterocycles. The molecule has 0 aliphatic carbocycles. The van der Waals surface area contributed by atoms with Gasteiger partial charge in [-0.1, -0.05) is 238 Å². The number of aliphatic carboxylic acids is 1. The third-order valence-electron chi connectivity index (χ3n) is 13.0. The van der Waals surface area contributed by atoms with Gasteiger partial charge in [0, 0.05) is 31.8 Å². The first-order valence-electron chi connectivity index (χ1n) is 26.7. The third kappa shape index (κ3) is 39.0. The number of hydrogen-bond acceptors (Lipinski definition) is 5. The molecule has 0 spiro atoms. The van der Waals surface area contributed by atoms with Gasteiger partial charge in [-0.3, -0.25) is 14.6 Å². The van der Waals surface area contributed by atoms with Crippen LogP contribution in [0.5, 0.6) is 0 Å². The van der Waals surface area contributed by atoms with Gasteiger partial charge >= 0.3 is 11.9 Å². The highest BCUT2D eigenvalue weighted by Gasteiger charge is 2.22. The van der Waals surface area contributed by atoms with Crippen LogP contribution in [0.15, 0.2) is 4.99 Å². The highest BCUT2D eigenvalue weighted by molar-refractivity contribution is 5.84. The highest BCUT2D eigenvalue weighted by Crippen LogP contribution is 2.20. The van der Waals surface area contributed by atoms with Crippen molar-refractivity contribution in [3.8, 4) is 0 Å². The molecule has 0 amide bonds. The van der Waals surface area contributed by atoms with Gasteiger partial charge < -0.3 is 14.7 Å². The van der Waals surface area contributed by atoms with Gasteiger partial charge in [0.05, 0.1) is 19.0 Å². The van der Waals surface area contributed by atoms with Crippen LogP contribution in [0.2, 0.25) is 0 Å². The maximum Gasteiger partial charge on any atom is 0.305 e. The number of carbonyl (C=O) groups is 2. The number of unbranched alkanes of at least 4 members (excludes halogenated alkanes) is 38. The maximum absolute atomic E-state index is 12.0. The minimum atomic E-state index is -0.656. The average Bonchev–Trinajstić information content (AvgIpc) is 3.58. The molecule has 1 unspecified atom stereocenters. The van der Waals surface area contributed by atoms with Crippen LogP contribution in [0.1, 0.15) is 296 Å². The smallest absolute Gasteiger partial charge is 0.305 e. The van der Waals surface area contributed by atoms with Crippen LogP contribution in [0.25, 0.3) is 0 Å². The van der Waals surface area contributed by atoms with Gasteiger partial charge in [-0.25, -0.2) is 0 Å². The van der Waals surface area contributed by atoms with Crippen LogP contribution in [-0.2, 0) is 14.3 Å². The number of hydrogen-bond donors (Lipinski definition) is 1. The number of carboxylic acids is 1. The Hall–Kier alpha value is -1.59. The number of carbonyl (C=O) groups excluding carboxylic acids is 1. The first-order valence-corrected chi connectivity index (χ1v) is 26.7. The van der Waals surface area contributed by atoms with Crippen molar-refractivity contribution < 1.29 is 19.4 Å². The Morgan fingerprint density at radius 1 is 0.492 bits per heavy atom. The molecule has 1 atom stereocenters. The molecule has 1 N–H and O–H groups in total. The molecule has 348 valence electrons. The molecule has 0 radical (unpaired) electrons. The van der Waals surface area contributed by atoms with Crippen molar-refractivity contribution in [2.75, 3.05) is 19.7 Å². The molecule has 1 aliphatic heterocycles. The van der Waals surface area contributed by atoms with Crippen LogP contribution in [0.3, 0.4) is 0 Å². The molecule has 0 aromatic rings. The zero-order chi connectivity index (χ0) is 42.5. The lowest BCUT2D eigenvalue weighted by molar-refractivity contribution is -0.144. The van der Waals surface area contributed by atoms with E-state index in [1.165, 1.54) is 256 Å². The predicted octanol–water partition coefficient (Wildman–Crippen LogP) is 16.9. The molecular formula is C53H102N2O4. The fourth-order valence-corrected chi connectivity index (χ4v) is 8.98. The standard InChI is InChI=1S/C53H102N2O4/c1-3-4-5-6-7-8-9-23-28-33-38-43-48-59-53(58)46-41-36-31-26-21-17-11-10-14-18-22-27-32-37-42-47-55-50(2)49-54-51(55)44-39-34-29-24-19-15-12-13-16-20-25-30-35-40-45-52(56)57/h50H,3-49H2,1-2H3,(H,56,57). The quantitative estimate of drug-likeness (QED) is 0.0488. The van der Waals surface area contributed by atoms with Crippen molar-refractivity contribution in [2.24, 2.45) is 4.99 Å².